The molecule has 1 atom stereocenters. The topological polar surface area (TPSA) is 32.3 Å². The molecular weight excluding hydrogens is 272 g/mol. The predicted octanol–water partition coefficient (Wildman–Crippen LogP) is 2.73. The van der Waals surface area contributed by atoms with Crippen molar-refractivity contribution >= 4 is 17.5 Å². The van der Waals surface area contributed by atoms with Gasteiger partial charge in [0.15, 0.2) is 0 Å². The van der Waals surface area contributed by atoms with Crippen LogP contribution in [0.4, 0.5) is 0 Å². The van der Waals surface area contributed by atoms with Crippen LogP contribution in [0.15, 0.2) is 24.3 Å². The van der Waals surface area contributed by atoms with Gasteiger partial charge in [-0.1, -0.05) is 29.8 Å². The van der Waals surface area contributed by atoms with E-state index in [1.807, 2.05) is 36.1 Å². The monoisotopic (exact) mass is 294 g/mol. The van der Waals surface area contributed by atoms with E-state index in [2.05, 4.69) is 5.32 Å². The first kappa shape index (κ1) is 15.3. The Kier molecular flexibility index (Phi) is 5.86. The molecule has 1 fully saturated rings. The molecule has 1 N–H and O–H groups in total. The molecule has 2 rings (SSSR count). The molecule has 0 aromatic heterocycles. The van der Waals surface area contributed by atoms with Crippen LogP contribution in [0.2, 0.25) is 5.02 Å². The predicted molar refractivity (Wildman–Crippen MR) is 83.0 cm³/mol. The second-order valence-electron chi connectivity index (χ2n) is 5.41. The number of piperidine rings is 1. The second-order valence-corrected chi connectivity index (χ2v) is 5.82. The average Bonchev–Trinajstić information content (AvgIpc) is 2.48. The molecule has 1 aliphatic rings. The van der Waals surface area contributed by atoms with Gasteiger partial charge in [-0.15, -0.1) is 0 Å². The van der Waals surface area contributed by atoms with Gasteiger partial charge in [0.2, 0.25) is 5.91 Å². The van der Waals surface area contributed by atoms with Gasteiger partial charge in [0, 0.05) is 18.1 Å². The Hall–Kier alpha value is -1.06. The Morgan fingerprint density at radius 2 is 2.25 bits per heavy atom. The first-order valence-corrected chi connectivity index (χ1v) is 7.80. The minimum Gasteiger partial charge on any atom is -0.342 e. The Balaban J connectivity index is 1.93. The van der Waals surface area contributed by atoms with Crippen molar-refractivity contribution in [3.63, 3.8) is 0 Å². The van der Waals surface area contributed by atoms with Crippen molar-refractivity contribution in [3.8, 4) is 0 Å². The van der Waals surface area contributed by atoms with Crippen molar-refractivity contribution in [2.24, 2.45) is 5.92 Å². The van der Waals surface area contributed by atoms with E-state index in [1.165, 1.54) is 12.8 Å². The number of likely N-dealkylation sites (N-methyl/N-ethyl adjacent to an activating group) is 1. The van der Waals surface area contributed by atoms with Gasteiger partial charge in [0.1, 0.15) is 0 Å². The van der Waals surface area contributed by atoms with Crippen molar-refractivity contribution in [1.29, 1.82) is 0 Å². The number of nitrogens with zero attached hydrogens (tertiary/aromatic N) is 1. The second kappa shape index (κ2) is 7.65. The third-order valence-electron chi connectivity index (χ3n) is 3.91. The average molecular weight is 295 g/mol. The van der Waals surface area contributed by atoms with Crippen molar-refractivity contribution in [2.75, 3.05) is 26.2 Å². The summed E-state index contributed by atoms with van der Waals surface area (Å²) in [4.78, 5) is 14.4. The van der Waals surface area contributed by atoms with Crippen LogP contribution < -0.4 is 5.32 Å². The molecule has 0 spiro atoms. The zero-order valence-corrected chi connectivity index (χ0v) is 12.8. The van der Waals surface area contributed by atoms with Gasteiger partial charge in [0.25, 0.3) is 0 Å². The zero-order valence-electron chi connectivity index (χ0n) is 12.1. The number of carbonyl (C=O) groups excluding carboxylic acids is 1. The fraction of sp³-hybridized carbons (Fsp3) is 0.562. The van der Waals surface area contributed by atoms with Crippen LogP contribution in [-0.4, -0.2) is 37.0 Å². The van der Waals surface area contributed by atoms with E-state index in [-0.39, 0.29) is 5.91 Å². The molecular formula is C16H23ClN2O. The molecule has 1 saturated heterocycles. The molecule has 1 aromatic rings. The quantitative estimate of drug-likeness (QED) is 0.906. The molecule has 0 aliphatic carbocycles. The molecule has 1 aromatic carbocycles. The summed E-state index contributed by atoms with van der Waals surface area (Å²) in [5, 5.41) is 4.08. The highest BCUT2D eigenvalue weighted by molar-refractivity contribution is 6.31. The number of rotatable bonds is 5. The molecule has 0 radical (unpaired) electrons. The molecule has 1 heterocycles. The minimum atomic E-state index is 0.172. The lowest BCUT2D eigenvalue weighted by atomic mass is 9.99. The largest absolute Gasteiger partial charge is 0.342 e. The number of nitrogens with one attached hydrogen (secondary N) is 1. The zero-order chi connectivity index (χ0) is 14.4. The lowest BCUT2D eigenvalue weighted by Crippen LogP contribution is -2.41. The lowest BCUT2D eigenvalue weighted by molar-refractivity contribution is -0.131. The molecule has 1 amide bonds. The summed E-state index contributed by atoms with van der Waals surface area (Å²) in [6.07, 6.45) is 2.82. The molecule has 1 unspecified atom stereocenters. The summed E-state index contributed by atoms with van der Waals surface area (Å²) in [5.74, 6) is 0.755. The van der Waals surface area contributed by atoms with Gasteiger partial charge in [-0.25, -0.2) is 0 Å². The maximum atomic E-state index is 12.4. The van der Waals surface area contributed by atoms with Crippen LogP contribution in [-0.2, 0) is 11.2 Å². The third kappa shape index (κ3) is 4.22. The fourth-order valence-electron chi connectivity index (χ4n) is 2.72. The SMILES string of the molecule is CCN(CC1CCCNC1)C(=O)Cc1ccccc1Cl. The third-order valence-corrected chi connectivity index (χ3v) is 4.28. The normalized spacial score (nSPS) is 18.8. The van der Waals surface area contributed by atoms with E-state index in [0.29, 0.717) is 17.4 Å². The Morgan fingerprint density at radius 3 is 2.90 bits per heavy atom. The summed E-state index contributed by atoms with van der Waals surface area (Å²) in [6, 6.07) is 7.58. The Bertz CT molecular complexity index is 444. The van der Waals surface area contributed by atoms with E-state index in [4.69, 9.17) is 11.6 Å². The van der Waals surface area contributed by atoms with E-state index < -0.39 is 0 Å². The van der Waals surface area contributed by atoms with Crippen LogP contribution in [0.25, 0.3) is 0 Å². The highest BCUT2D eigenvalue weighted by atomic mass is 35.5. The van der Waals surface area contributed by atoms with Crippen molar-refractivity contribution in [2.45, 2.75) is 26.2 Å². The number of amides is 1. The molecule has 4 heteroatoms. The highest BCUT2D eigenvalue weighted by Gasteiger charge is 2.20. The summed E-state index contributed by atoms with van der Waals surface area (Å²) in [5.41, 5.74) is 0.916. The van der Waals surface area contributed by atoms with Gasteiger partial charge >= 0.3 is 0 Å². The summed E-state index contributed by atoms with van der Waals surface area (Å²) < 4.78 is 0. The van der Waals surface area contributed by atoms with Gasteiger partial charge in [0.05, 0.1) is 6.42 Å². The maximum absolute atomic E-state index is 12.4. The minimum absolute atomic E-state index is 0.172. The number of halogens is 1. The standard InChI is InChI=1S/C16H23ClN2O/c1-2-19(12-13-6-5-9-18-11-13)16(20)10-14-7-3-4-8-15(14)17/h3-4,7-8,13,18H,2,5-6,9-12H2,1H3. The van der Waals surface area contributed by atoms with Crippen LogP contribution in [0.3, 0.4) is 0 Å². The van der Waals surface area contributed by atoms with Gasteiger partial charge in [-0.2, -0.15) is 0 Å². The number of carbonyl (C=O) groups is 1. The van der Waals surface area contributed by atoms with E-state index in [1.54, 1.807) is 0 Å². The summed E-state index contributed by atoms with van der Waals surface area (Å²) in [6.45, 7) is 5.79. The van der Waals surface area contributed by atoms with Crippen molar-refractivity contribution in [1.82, 2.24) is 10.2 Å². The lowest BCUT2D eigenvalue weighted by Gasteiger charge is -2.29. The number of hydrogen-bond donors (Lipinski definition) is 1. The van der Waals surface area contributed by atoms with E-state index in [9.17, 15) is 4.79 Å². The molecule has 0 saturated carbocycles. The van der Waals surface area contributed by atoms with Gasteiger partial charge in [-0.05, 0) is 50.4 Å². The number of benzene rings is 1. The molecule has 3 nitrogen and oxygen atoms in total. The molecule has 1 aliphatic heterocycles. The molecule has 110 valence electrons. The number of hydrogen-bond acceptors (Lipinski definition) is 2. The molecule has 20 heavy (non-hydrogen) atoms. The first-order chi connectivity index (χ1) is 9.70. The first-order valence-electron chi connectivity index (χ1n) is 7.42. The Labute approximate surface area is 126 Å². The van der Waals surface area contributed by atoms with Crippen molar-refractivity contribution in [3.05, 3.63) is 34.9 Å². The van der Waals surface area contributed by atoms with E-state index in [0.717, 1.165) is 31.7 Å². The van der Waals surface area contributed by atoms with Crippen LogP contribution in [0, 0.1) is 5.92 Å². The van der Waals surface area contributed by atoms with Crippen molar-refractivity contribution < 1.29 is 4.79 Å². The van der Waals surface area contributed by atoms with Crippen LogP contribution in [0.1, 0.15) is 25.3 Å². The van der Waals surface area contributed by atoms with Gasteiger partial charge < -0.3 is 10.2 Å². The fourth-order valence-corrected chi connectivity index (χ4v) is 2.92. The van der Waals surface area contributed by atoms with Gasteiger partial charge in [-0.3, -0.25) is 4.79 Å². The summed E-state index contributed by atoms with van der Waals surface area (Å²) >= 11 is 6.13. The smallest absolute Gasteiger partial charge is 0.227 e. The molecule has 0 bridgehead atoms. The van der Waals surface area contributed by atoms with Crippen LogP contribution in [0.5, 0.6) is 0 Å². The Morgan fingerprint density at radius 1 is 1.45 bits per heavy atom. The maximum Gasteiger partial charge on any atom is 0.227 e. The highest BCUT2D eigenvalue weighted by Crippen LogP contribution is 2.17. The van der Waals surface area contributed by atoms with E-state index >= 15 is 0 Å². The summed E-state index contributed by atoms with van der Waals surface area (Å²) in [7, 11) is 0. The van der Waals surface area contributed by atoms with Crippen LogP contribution >= 0.6 is 11.6 Å².